The van der Waals surface area contributed by atoms with Crippen molar-refractivity contribution in [2.24, 2.45) is 22.2 Å². The number of benzene rings is 1. The van der Waals surface area contributed by atoms with Crippen LogP contribution in [0.25, 0.3) is 0 Å². The van der Waals surface area contributed by atoms with Crippen LogP contribution in [-0.4, -0.2) is 55.6 Å². The van der Waals surface area contributed by atoms with Gasteiger partial charge in [0.1, 0.15) is 24.3 Å². The van der Waals surface area contributed by atoms with Crippen LogP contribution in [0.4, 0.5) is 5.69 Å². The number of amidine groups is 1. The topological polar surface area (TPSA) is 63.2 Å². The third-order valence-corrected chi connectivity index (χ3v) is 9.56. The molecule has 2 saturated carbocycles. The highest BCUT2D eigenvalue weighted by molar-refractivity contribution is 6.00. The van der Waals surface area contributed by atoms with E-state index in [4.69, 9.17) is 14.5 Å². The second-order valence-electron chi connectivity index (χ2n) is 11.3. The summed E-state index contributed by atoms with van der Waals surface area (Å²) in [6.07, 6.45) is 7.96. The fourth-order valence-electron chi connectivity index (χ4n) is 7.71. The summed E-state index contributed by atoms with van der Waals surface area (Å²) in [5.41, 5.74) is 4.24. The number of ether oxygens (including phenoxy) is 2. The number of rotatable bonds is 7. The summed E-state index contributed by atoms with van der Waals surface area (Å²) in [5.74, 6) is 3.72. The highest BCUT2D eigenvalue weighted by Gasteiger charge is 2.56. The van der Waals surface area contributed by atoms with Gasteiger partial charge in [-0.25, -0.2) is 0 Å². The van der Waals surface area contributed by atoms with E-state index in [1.165, 1.54) is 30.4 Å². The van der Waals surface area contributed by atoms with E-state index in [-0.39, 0.29) is 17.5 Å². The molecule has 1 aromatic carbocycles. The average molecular weight is 482 g/mol. The van der Waals surface area contributed by atoms with Crippen molar-refractivity contribution in [1.29, 1.82) is 0 Å². The first kappa shape index (κ1) is 24.6. The van der Waals surface area contributed by atoms with Crippen molar-refractivity contribution < 1.29 is 14.3 Å². The molecule has 3 aliphatic carbocycles. The monoisotopic (exact) mass is 481 g/mol. The molecule has 4 aliphatic rings. The summed E-state index contributed by atoms with van der Waals surface area (Å²) in [5, 5.41) is 3.67. The highest BCUT2D eigenvalue weighted by Crippen LogP contribution is 2.62. The number of nitrogens with zero attached hydrogens (tertiary/aromatic N) is 2. The second kappa shape index (κ2) is 10.1. The van der Waals surface area contributed by atoms with E-state index in [2.05, 4.69) is 43.1 Å². The van der Waals surface area contributed by atoms with Crippen molar-refractivity contribution >= 4 is 17.5 Å². The number of esters is 1. The number of carbonyl (C=O) groups excluding carboxylic acids is 1. The molecule has 5 atom stereocenters. The second-order valence-corrected chi connectivity index (χ2v) is 11.3. The van der Waals surface area contributed by atoms with E-state index in [9.17, 15) is 4.79 Å². The van der Waals surface area contributed by atoms with Crippen molar-refractivity contribution in [3.05, 3.63) is 23.3 Å². The maximum atomic E-state index is 11.7. The third-order valence-electron chi connectivity index (χ3n) is 9.56. The molecule has 35 heavy (non-hydrogen) atoms. The van der Waals surface area contributed by atoms with Crippen molar-refractivity contribution in [3.63, 3.8) is 0 Å². The molecule has 0 aromatic heterocycles. The van der Waals surface area contributed by atoms with E-state index in [0.29, 0.717) is 24.4 Å². The van der Waals surface area contributed by atoms with Gasteiger partial charge in [0.05, 0.1) is 5.69 Å². The van der Waals surface area contributed by atoms with Gasteiger partial charge in [0, 0.05) is 18.9 Å². The van der Waals surface area contributed by atoms with Gasteiger partial charge >= 0.3 is 5.97 Å². The van der Waals surface area contributed by atoms with Gasteiger partial charge in [0.2, 0.25) is 0 Å². The Morgan fingerprint density at radius 3 is 2.83 bits per heavy atom. The summed E-state index contributed by atoms with van der Waals surface area (Å²) >= 11 is 0. The number of hydrogen-bond donors (Lipinski definition) is 1. The standard InChI is InChI=1S/C29H43N3O3/c1-5-32(6-2)17-7-16-30-27-18-34-25-12-10-20-21-14-15-29(4)24(11-13-26(29)35-19(3)33)22(21)8-9-23(20)28(25)31-27/h10,12,21-22,24,26H,5-9,11,13-18H2,1-4H3,(H,30,31)/t21-,22-,24+,26+,29+/m1/s1. The van der Waals surface area contributed by atoms with Crippen LogP contribution in [0.5, 0.6) is 5.75 Å². The van der Waals surface area contributed by atoms with Gasteiger partial charge in [-0.15, -0.1) is 0 Å². The molecule has 0 spiro atoms. The van der Waals surface area contributed by atoms with Crippen LogP contribution in [0.1, 0.15) is 83.3 Å². The average Bonchev–Trinajstić information content (AvgIpc) is 3.19. The molecule has 1 heterocycles. The lowest BCUT2D eigenvalue weighted by Gasteiger charge is -2.50. The first-order valence-corrected chi connectivity index (χ1v) is 13.9. The first-order chi connectivity index (χ1) is 16.9. The molecule has 0 saturated heterocycles. The largest absolute Gasteiger partial charge is 0.484 e. The maximum absolute atomic E-state index is 11.7. The van der Waals surface area contributed by atoms with Crippen LogP contribution in [0.3, 0.4) is 0 Å². The van der Waals surface area contributed by atoms with Gasteiger partial charge in [0.15, 0.2) is 0 Å². The summed E-state index contributed by atoms with van der Waals surface area (Å²) in [4.78, 5) is 19.0. The molecule has 1 aromatic rings. The zero-order valence-electron chi connectivity index (χ0n) is 22.1. The molecule has 5 rings (SSSR count). The van der Waals surface area contributed by atoms with E-state index in [0.717, 1.165) is 69.1 Å². The molecule has 1 aliphatic heterocycles. The maximum Gasteiger partial charge on any atom is 0.302 e. The molecule has 0 amide bonds. The van der Waals surface area contributed by atoms with E-state index < -0.39 is 0 Å². The molecule has 0 unspecified atom stereocenters. The molecular weight excluding hydrogens is 438 g/mol. The zero-order chi connectivity index (χ0) is 24.6. The number of aliphatic imine (C=N–C) groups is 1. The van der Waals surface area contributed by atoms with Crippen LogP contribution in [0.15, 0.2) is 17.1 Å². The van der Waals surface area contributed by atoms with Gasteiger partial charge in [-0.1, -0.05) is 26.8 Å². The predicted molar refractivity (Wildman–Crippen MR) is 140 cm³/mol. The number of hydrogen-bond acceptors (Lipinski definition) is 5. The van der Waals surface area contributed by atoms with Crippen LogP contribution < -0.4 is 10.1 Å². The van der Waals surface area contributed by atoms with Gasteiger partial charge in [-0.05, 0) is 99.5 Å². The van der Waals surface area contributed by atoms with Crippen LogP contribution in [0, 0.1) is 17.3 Å². The summed E-state index contributed by atoms with van der Waals surface area (Å²) in [6.45, 7) is 13.0. The lowest BCUT2D eigenvalue weighted by Crippen LogP contribution is -2.45. The van der Waals surface area contributed by atoms with Gasteiger partial charge in [-0.2, -0.15) is 0 Å². The fraction of sp³-hybridized carbons (Fsp3) is 0.724. The minimum absolute atomic E-state index is 0.0893. The number of carbonyl (C=O) groups is 1. The molecule has 0 radical (unpaired) electrons. The van der Waals surface area contributed by atoms with E-state index >= 15 is 0 Å². The third kappa shape index (κ3) is 4.59. The molecule has 6 nitrogen and oxygen atoms in total. The number of anilines is 1. The lowest BCUT2D eigenvalue weighted by atomic mass is 9.55. The quantitative estimate of drug-likeness (QED) is 0.417. The Kier molecular flexibility index (Phi) is 7.11. The first-order valence-electron chi connectivity index (χ1n) is 13.9. The van der Waals surface area contributed by atoms with Crippen molar-refractivity contribution in [2.45, 2.75) is 84.7 Å². The van der Waals surface area contributed by atoms with Crippen LogP contribution in [0.2, 0.25) is 0 Å². The summed E-state index contributed by atoms with van der Waals surface area (Å²) in [7, 11) is 0. The Balaban J connectivity index is 1.30. The Morgan fingerprint density at radius 2 is 2.06 bits per heavy atom. The van der Waals surface area contributed by atoms with E-state index in [1.54, 1.807) is 6.92 Å². The minimum Gasteiger partial charge on any atom is -0.484 e. The van der Waals surface area contributed by atoms with Gasteiger partial charge in [-0.3, -0.25) is 9.79 Å². The fourth-order valence-corrected chi connectivity index (χ4v) is 7.71. The summed E-state index contributed by atoms with van der Waals surface area (Å²) < 4.78 is 11.9. The Morgan fingerprint density at radius 1 is 1.23 bits per heavy atom. The van der Waals surface area contributed by atoms with Crippen molar-refractivity contribution in [1.82, 2.24) is 4.90 Å². The number of fused-ring (bicyclic) bond motifs is 7. The highest BCUT2D eigenvalue weighted by atomic mass is 16.5. The molecule has 192 valence electrons. The van der Waals surface area contributed by atoms with Crippen molar-refractivity contribution in [2.75, 3.05) is 38.1 Å². The molecule has 1 N–H and O–H groups in total. The van der Waals surface area contributed by atoms with Crippen LogP contribution >= 0.6 is 0 Å². The van der Waals surface area contributed by atoms with Gasteiger partial charge in [0.25, 0.3) is 0 Å². The summed E-state index contributed by atoms with van der Waals surface area (Å²) in [6, 6.07) is 4.50. The smallest absolute Gasteiger partial charge is 0.302 e. The van der Waals surface area contributed by atoms with E-state index in [1.807, 2.05) is 0 Å². The van der Waals surface area contributed by atoms with Crippen LogP contribution in [-0.2, 0) is 16.0 Å². The minimum atomic E-state index is -0.129. The molecular formula is C29H43N3O3. The Hall–Kier alpha value is -2.08. The van der Waals surface area contributed by atoms with Crippen molar-refractivity contribution in [3.8, 4) is 5.75 Å². The Bertz CT molecular complexity index is 972. The Labute approximate surface area is 210 Å². The lowest BCUT2D eigenvalue weighted by molar-refractivity contribution is -0.154. The zero-order valence-corrected chi connectivity index (χ0v) is 22.1. The molecule has 6 heteroatoms. The molecule has 0 bridgehead atoms. The number of nitrogens with one attached hydrogen (secondary N) is 1. The SMILES string of the molecule is CCN(CC)CCCN=C1COc2ccc3c(c2N1)CC[C@@H]1[C@@H]3CC[C@]2(C)[C@@H](OC(C)=O)CC[C@@H]12. The predicted octanol–water partition coefficient (Wildman–Crippen LogP) is 5.41. The molecule has 2 fully saturated rings. The van der Waals surface area contributed by atoms with Gasteiger partial charge < -0.3 is 19.7 Å². The normalized spacial score (nSPS) is 32.2.